The number of hydrogen-bond donors (Lipinski definition) is 1. The number of nitrogens with one attached hydrogen (secondary N) is 1. The third-order valence-corrected chi connectivity index (χ3v) is 2.38. The molecule has 0 aliphatic heterocycles. The first-order chi connectivity index (χ1) is 6.31. The highest BCUT2D eigenvalue weighted by molar-refractivity contribution is 6.20. The smallest absolute Gasteiger partial charge is 0.0590 e. The van der Waals surface area contributed by atoms with Gasteiger partial charge >= 0.3 is 0 Å². The molecule has 0 rings (SSSR count). The summed E-state index contributed by atoms with van der Waals surface area (Å²) in [6.45, 7) is 7.85. The lowest BCUT2D eigenvalue weighted by molar-refractivity contribution is 0.136. The second kappa shape index (κ2) is 10.3. The Hall–Kier alpha value is 0.210. The van der Waals surface area contributed by atoms with Crippen LogP contribution in [0.5, 0.6) is 0 Å². The van der Waals surface area contributed by atoms with Crippen molar-refractivity contribution in [2.75, 3.05) is 26.3 Å². The van der Waals surface area contributed by atoms with Crippen molar-refractivity contribution in [2.24, 2.45) is 0 Å². The Labute approximate surface area is 87.0 Å². The Bertz CT molecular complexity index is 101. The number of ether oxygens (including phenoxy) is 1. The van der Waals surface area contributed by atoms with Crippen LogP contribution in [0.25, 0.3) is 0 Å². The molecule has 0 radical (unpaired) electrons. The highest BCUT2D eigenvalue weighted by atomic mass is 35.5. The average molecular weight is 208 g/mol. The Balaban J connectivity index is 2.91. The summed E-state index contributed by atoms with van der Waals surface area (Å²) in [6.07, 6.45) is 3.20. The minimum Gasteiger partial charge on any atom is -0.380 e. The maximum atomic E-state index is 5.96. The van der Waals surface area contributed by atoms with Crippen LogP contribution in [0.2, 0.25) is 0 Å². The topological polar surface area (TPSA) is 21.3 Å². The maximum absolute atomic E-state index is 5.96. The molecule has 0 aromatic carbocycles. The lowest BCUT2D eigenvalue weighted by Crippen LogP contribution is -2.22. The molecule has 1 N–H and O–H groups in total. The highest BCUT2D eigenvalue weighted by Gasteiger charge is 1.98. The van der Waals surface area contributed by atoms with Gasteiger partial charge in [0.15, 0.2) is 0 Å². The van der Waals surface area contributed by atoms with E-state index in [1.807, 2.05) is 0 Å². The summed E-state index contributed by atoms with van der Waals surface area (Å²) >= 11 is 5.96. The molecule has 0 saturated carbocycles. The molecule has 0 bridgehead atoms. The van der Waals surface area contributed by atoms with Crippen LogP contribution < -0.4 is 5.32 Å². The predicted octanol–water partition coefficient (Wildman–Crippen LogP) is 2.41. The van der Waals surface area contributed by atoms with E-state index in [1.54, 1.807) is 0 Å². The van der Waals surface area contributed by atoms with Gasteiger partial charge < -0.3 is 10.1 Å². The van der Waals surface area contributed by atoms with E-state index >= 15 is 0 Å². The zero-order valence-corrected chi connectivity index (χ0v) is 9.57. The molecule has 1 atom stereocenters. The van der Waals surface area contributed by atoms with E-state index in [0.717, 1.165) is 45.6 Å². The molecule has 13 heavy (non-hydrogen) atoms. The summed E-state index contributed by atoms with van der Waals surface area (Å²) in [7, 11) is 0. The molecular weight excluding hydrogens is 186 g/mol. The molecule has 0 aromatic heterocycles. The van der Waals surface area contributed by atoms with Crippen LogP contribution in [0, 0.1) is 0 Å². The van der Waals surface area contributed by atoms with Gasteiger partial charge in [0, 0.05) is 18.5 Å². The van der Waals surface area contributed by atoms with E-state index in [2.05, 4.69) is 19.2 Å². The van der Waals surface area contributed by atoms with Crippen LogP contribution in [-0.4, -0.2) is 31.7 Å². The van der Waals surface area contributed by atoms with Gasteiger partial charge in [0.2, 0.25) is 0 Å². The van der Waals surface area contributed by atoms with E-state index < -0.39 is 0 Å². The molecule has 0 spiro atoms. The number of alkyl halides is 1. The lowest BCUT2D eigenvalue weighted by Gasteiger charge is -2.07. The Morgan fingerprint density at radius 1 is 1.23 bits per heavy atom. The number of rotatable bonds is 9. The minimum atomic E-state index is 0.323. The number of halogens is 1. The van der Waals surface area contributed by atoms with Crippen LogP contribution in [0.3, 0.4) is 0 Å². The van der Waals surface area contributed by atoms with Crippen molar-refractivity contribution in [3.63, 3.8) is 0 Å². The number of hydrogen-bond acceptors (Lipinski definition) is 2. The Morgan fingerprint density at radius 3 is 2.62 bits per heavy atom. The standard InChI is InChI=1S/C10H22ClNO/c1-3-8-13-9-7-12-6-5-10(11)4-2/h10,12H,3-9H2,1-2H3. The van der Waals surface area contributed by atoms with E-state index in [1.165, 1.54) is 0 Å². The third kappa shape index (κ3) is 10.1. The second-order valence-electron chi connectivity index (χ2n) is 3.16. The average Bonchev–Trinajstić information content (AvgIpc) is 2.16. The fourth-order valence-electron chi connectivity index (χ4n) is 0.979. The van der Waals surface area contributed by atoms with Crippen molar-refractivity contribution in [3.8, 4) is 0 Å². The highest BCUT2D eigenvalue weighted by Crippen LogP contribution is 2.04. The van der Waals surface area contributed by atoms with Gasteiger partial charge in [-0.25, -0.2) is 0 Å². The van der Waals surface area contributed by atoms with Gasteiger partial charge in [0.05, 0.1) is 6.61 Å². The third-order valence-electron chi connectivity index (χ3n) is 1.85. The summed E-state index contributed by atoms with van der Waals surface area (Å²) in [6, 6.07) is 0. The first-order valence-corrected chi connectivity index (χ1v) is 5.67. The summed E-state index contributed by atoms with van der Waals surface area (Å²) < 4.78 is 5.32. The van der Waals surface area contributed by atoms with Crippen molar-refractivity contribution >= 4 is 11.6 Å². The van der Waals surface area contributed by atoms with Gasteiger partial charge in [-0.3, -0.25) is 0 Å². The summed E-state index contributed by atoms with van der Waals surface area (Å²) in [5.41, 5.74) is 0. The zero-order chi connectivity index (χ0) is 9.94. The van der Waals surface area contributed by atoms with Gasteiger partial charge in [-0.1, -0.05) is 13.8 Å². The van der Waals surface area contributed by atoms with Crippen LogP contribution >= 0.6 is 11.6 Å². The molecule has 0 fully saturated rings. The molecule has 0 saturated heterocycles. The first-order valence-electron chi connectivity index (χ1n) is 5.23. The lowest BCUT2D eigenvalue weighted by atomic mass is 10.2. The zero-order valence-electron chi connectivity index (χ0n) is 8.81. The van der Waals surface area contributed by atoms with Gasteiger partial charge in [-0.15, -0.1) is 11.6 Å². The summed E-state index contributed by atoms with van der Waals surface area (Å²) in [4.78, 5) is 0. The SMILES string of the molecule is CCCOCCNCCC(Cl)CC. The molecule has 3 heteroatoms. The fraction of sp³-hybridized carbons (Fsp3) is 1.00. The van der Waals surface area contributed by atoms with E-state index in [4.69, 9.17) is 16.3 Å². The summed E-state index contributed by atoms with van der Waals surface area (Å²) in [5, 5.41) is 3.62. The largest absolute Gasteiger partial charge is 0.380 e. The van der Waals surface area contributed by atoms with Crippen molar-refractivity contribution in [2.45, 2.75) is 38.5 Å². The van der Waals surface area contributed by atoms with Gasteiger partial charge in [0.1, 0.15) is 0 Å². The Kier molecular flexibility index (Phi) is 10.5. The molecule has 0 heterocycles. The molecule has 0 aliphatic rings. The minimum absolute atomic E-state index is 0.323. The monoisotopic (exact) mass is 207 g/mol. The van der Waals surface area contributed by atoms with Crippen LogP contribution in [-0.2, 0) is 4.74 Å². The van der Waals surface area contributed by atoms with Crippen molar-refractivity contribution in [1.29, 1.82) is 0 Å². The van der Waals surface area contributed by atoms with Crippen LogP contribution in [0.1, 0.15) is 33.1 Å². The van der Waals surface area contributed by atoms with E-state index in [0.29, 0.717) is 5.38 Å². The molecule has 0 aromatic rings. The van der Waals surface area contributed by atoms with E-state index in [-0.39, 0.29) is 0 Å². The van der Waals surface area contributed by atoms with Gasteiger partial charge in [0.25, 0.3) is 0 Å². The van der Waals surface area contributed by atoms with Gasteiger partial charge in [-0.2, -0.15) is 0 Å². The van der Waals surface area contributed by atoms with Crippen molar-refractivity contribution in [3.05, 3.63) is 0 Å². The quantitative estimate of drug-likeness (QED) is 0.463. The maximum Gasteiger partial charge on any atom is 0.0590 e. The van der Waals surface area contributed by atoms with Crippen LogP contribution in [0.15, 0.2) is 0 Å². The molecular formula is C10H22ClNO. The molecule has 2 nitrogen and oxygen atoms in total. The fourth-order valence-corrected chi connectivity index (χ4v) is 1.09. The first kappa shape index (κ1) is 13.2. The second-order valence-corrected chi connectivity index (χ2v) is 3.77. The van der Waals surface area contributed by atoms with E-state index in [9.17, 15) is 0 Å². The molecule has 80 valence electrons. The van der Waals surface area contributed by atoms with Crippen LogP contribution in [0.4, 0.5) is 0 Å². The normalized spacial score (nSPS) is 13.2. The molecule has 1 unspecified atom stereocenters. The Morgan fingerprint density at radius 2 is 2.00 bits per heavy atom. The predicted molar refractivity (Wildman–Crippen MR) is 58.5 cm³/mol. The molecule has 0 aliphatic carbocycles. The van der Waals surface area contributed by atoms with Crippen molar-refractivity contribution in [1.82, 2.24) is 5.32 Å². The summed E-state index contributed by atoms with van der Waals surface area (Å²) in [5.74, 6) is 0. The van der Waals surface area contributed by atoms with Gasteiger partial charge in [-0.05, 0) is 25.8 Å². The van der Waals surface area contributed by atoms with Crippen molar-refractivity contribution < 1.29 is 4.74 Å². The molecule has 0 amide bonds.